The molecule has 0 aliphatic carbocycles. The lowest BCUT2D eigenvalue weighted by atomic mass is 10.3. The van der Waals surface area contributed by atoms with E-state index in [0.717, 1.165) is 8.28 Å². The van der Waals surface area contributed by atoms with Crippen LogP contribution in [-0.2, 0) is 10.2 Å². The van der Waals surface area contributed by atoms with Crippen LogP contribution in [0.3, 0.4) is 0 Å². The Morgan fingerprint density at radius 2 is 2.21 bits per heavy atom. The topological polar surface area (TPSA) is 64.4 Å². The van der Waals surface area contributed by atoms with Gasteiger partial charge in [-0.05, 0) is 12.1 Å². The van der Waals surface area contributed by atoms with E-state index in [9.17, 15) is 8.42 Å². The first-order valence-electron chi connectivity index (χ1n) is 5.61. The second-order valence-corrected chi connectivity index (χ2v) is 6.07. The highest BCUT2D eigenvalue weighted by molar-refractivity contribution is 7.87. The maximum atomic E-state index is 12.1. The standard InChI is InChI=1S/C12H15N3O3S/c1-4-8-18-11-7-5-6-10-12(11)13-9-15(10)19(16,17)14(2)3/h4-7,9H,1,8H2,2-3H3. The summed E-state index contributed by atoms with van der Waals surface area (Å²) < 4.78 is 32.0. The Hall–Kier alpha value is -1.86. The number of ether oxygens (including phenoxy) is 1. The van der Waals surface area contributed by atoms with E-state index in [-0.39, 0.29) is 0 Å². The molecule has 0 bridgehead atoms. The number of hydrogen-bond acceptors (Lipinski definition) is 4. The van der Waals surface area contributed by atoms with Gasteiger partial charge in [0, 0.05) is 14.1 Å². The Morgan fingerprint density at radius 3 is 2.84 bits per heavy atom. The molecule has 0 spiro atoms. The van der Waals surface area contributed by atoms with Gasteiger partial charge in [-0.15, -0.1) is 0 Å². The van der Waals surface area contributed by atoms with Crippen molar-refractivity contribution >= 4 is 21.2 Å². The minimum absolute atomic E-state index is 0.340. The van der Waals surface area contributed by atoms with Gasteiger partial charge in [0.1, 0.15) is 24.2 Å². The SMILES string of the molecule is C=CCOc1cccc2c1ncn2S(=O)(=O)N(C)C. The average molecular weight is 281 g/mol. The Bertz CT molecular complexity index is 704. The quantitative estimate of drug-likeness (QED) is 0.774. The van der Waals surface area contributed by atoms with Gasteiger partial charge in [-0.25, -0.2) is 8.96 Å². The Morgan fingerprint density at radius 1 is 1.47 bits per heavy atom. The largest absolute Gasteiger partial charge is 0.487 e. The van der Waals surface area contributed by atoms with Crippen LogP contribution in [0.1, 0.15) is 0 Å². The van der Waals surface area contributed by atoms with Gasteiger partial charge in [0.2, 0.25) is 0 Å². The van der Waals surface area contributed by atoms with Crippen LogP contribution >= 0.6 is 0 Å². The van der Waals surface area contributed by atoms with Crippen LogP contribution in [0.5, 0.6) is 5.75 Å². The molecule has 102 valence electrons. The van der Waals surface area contributed by atoms with E-state index in [1.165, 1.54) is 20.4 Å². The van der Waals surface area contributed by atoms with Gasteiger partial charge in [-0.1, -0.05) is 18.7 Å². The molecule has 19 heavy (non-hydrogen) atoms. The molecule has 1 heterocycles. The molecule has 0 saturated heterocycles. The first-order valence-corrected chi connectivity index (χ1v) is 7.01. The number of para-hydroxylation sites is 1. The normalized spacial score (nSPS) is 11.9. The number of fused-ring (bicyclic) bond motifs is 1. The van der Waals surface area contributed by atoms with E-state index in [1.54, 1.807) is 24.3 Å². The second kappa shape index (κ2) is 5.02. The summed E-state index contributed by atoms with van der Waals surface area (Å²) in [5.41, 5.74) is 0.991. The van der Waals surface area contributed by atoms with Crippen molar-refractivity contribution in [2.45, 2.75) is 0 Å². The van der Waals surface area contributed by atoms with Gasteiger partial charge in [-0.3, -0.25) is 0 Å². The van der Waals surface area contributed by atoms with Crippen LogP contribution in [0.2, 0.25) is 0 Å². The van der Waals surface area contributed by atoms with Gasteiger partial charge in [0.15, 0.2) is 0 Å². The van der Waals surface area contributed by atoms with Gasteiger partial charge in [0.25, 0.3) is 0 Å². The molecule has 0 atom stereocenters. The summed E-state index contributed by atoms with van der Waals surface area (Å²) in [6.07, 6.45) is 2.90. The molecule has 1 aromatic heterocycles. The van der Waals surface area contributed by atoms with Crippen LogP contribution in [0.25, 0.3) is 11.0 Å². The Balaban J connectivity index is 2.59. The van der Waals surface area contributed by atoms with Crippen LogP contribution in [0.15, 0.2) is 37.2 Å². The molecule has 0 N–H and O–H groups in total. The smallest absolute Gasteiger partial charge is 0.308 e. The third-order valence-electron chi connectivity index (χ3n) is 2.57. The van der Waals surface area contributed by atoms with E-state index in [1.807, 2.05) is 0 Å². The minimum atomic E-state index is -3.59. The van der Waals surface area contributed by atoms with E-state index in [0.29, 0.717) is 23.4 Å². The maximum Gasteiger partial charge on any atom is 0.308 e. The molecular weight excluding hydrogens is 266 g/mol. The minimum Gasteiger partial charge on any atom is -0.487 e. The monoisotopic (exact) mass is 281 g/mol. The van der Waals surface area contributed by atoms with Crippen molar-refractivity contribution in [1.29, 1.82) is 0 Å². The summed E-state index contributed by atoms with van der Waals surface area (Å²) in [6.45, 7) is 3.91. The Kier molecular flexibility index (Phi) is 3.59. The molecule has 0 aliphatic heterocycles. The second-order valence-electron chi connectivity index (χ2n) is 4.05. The fourth-order valence-corrected chi connectivity index (χ4v) is 2.53. The lowest BCUT2D eigenvalue weighted by Crippen LogP contribution is -2.28. The summed E-state index contributed by atoms with van der Waals surface area (Å²) in [5, 5.41) is 0. The zero-order valence-corrected chi connectivity index (χ0v) is 11.6. The van der Waals surface area contributed by atoms with E-state index in [2.05, 4.69) is 11.6 Å². The van der Waals surface area contributed by atoms with Crippen molar-refractivity contribution in [3.05, 3.63) is 37.2 Å². The predicted molar refractivity (Wildman–Crippen MR) is 73.4 cm³/mol. The van der Waals surface area contributed by atoms with Gasteiger partial charge >= 0.3 is 10.2 Å². The first kappa shape index (κ1) is 13.6. The summed E-state index contributed by atoms with van der Waals surface area (Å²) in [7, 11) is -0.643. The zero-order valence-electron chi connectivity index (χ0n) is 10.8. The molecule has 0 aliphatic rings. The number of hydrogen-bond donors (Lipinski definition) is 0. The van der Waals surface area contributed by atoms with Crippen molar-refractivity contribution in [2.24, 2.45) is 0 Å². The van der Waals surface area contributed by atoms with E-state index >= 15 is 0 Å². The van der Waals surface area contributed by atoms with Gasteiger partial charge in [0.05, 0.1) is 5.52 Å². The number of aromatic nitrogens is 2. The third kappa shape index (κ3) is 2.34. The molecule has 2 aromatic rings. The molecule has 0 saturated carbocycles. The highest BCUT2D eigenvalue weighted by Crippen LogP contribution is 2.25. The van der Waals surface area contributed by atoms with E-state index < -0.39 is 10.2 Å². The molecular formula is C12H15N3O3S. The zero-order chi connectivity index (χ0) is 14.0. The highest BCUT2D eigenvalue weighted by Gasteiger charge is 2.20. The molecule has 1 aromatic carbocycles. The molecule has 2 rings (SSSR count). The molecule has 7 heteroatoms. The summed E-state index contributed by atoms with van der Waals surface area (Å²) >= 11 is 0. The fraction of sp³-hybridized carbons (Fsp3) is 0.250. The predicted octanol–water partition coefficient (Wildman–Crippen LogP) is 1.26. The summed E-state index contributed by atoms with van der Waals surface area (Å²) in [5.74, 6) is 0.533. The molecule has 6 nitrogen and oxygen atoms in total. The lowest BCUT2D eigenvalue weighted by Gasteiger charge is -2.12. The maximum absolute atomic E-state index is 12.1. The molecule has 0 unspecified atom stereocenters. The highest BCUT2D eigenvalue weighted by atomic mass is 32.2. The molecule has 0 amide bonds. The Labute approximate surface area is 112 Å². The average Bonchev–Trinajstić information content (AvgIpc) is 2.80. The van der Waals surface area contributed by atoms with Gasteiger partial charge in [-0.2, -0.15) is 12.7 Å². The summed E-state index contributed by atoms with van der Waals surface area (Å²) in [6, 6.07) is 5.15. The number of imidazole rings is 1. The lowest BCUT2D eigenvalue weighted by molar-refractivity contribution is 0.367. The van der Waals surface area contributed by atoms with Crippen LogP contribution < -0.4 is 4.74 Å². The number of rotatable bonds is 5. The van der Waals surface area contributed by atoms with Crippen LogP contribution in [0.4, 0.5) is 0 Å². The first-order chi connectivity index (χ1) is 8.98. The number of nitrogens with zero attached hydrogens (tertiary/aromatic N) is 3. The van der Waals surface area contributed by atoms with Crippen LogP contribution in [0, 0.1) is 0 Å². The third-order valence-corrected chi connectivity index (χ3v) is 4.28. The fourth-order valence-electron chi connectivity index (χ4n) is 1.62. The number of benzene rings is 1. The van der Waals surface area contributed by atoms with Crippen molar-refractivity contribution in [3.8, 4) is 5.75 Å². The van der Waals surface area contributed by atoms with Gasteiger partial charge < -0.3 is 4.74 Å². The van der Waals surface area contributed by atoms with Crippen molar-refractivity contribution < 1.29 is 13.2 Å². The summed E-state index contributed by atoms with van der Waals surface area (Å²) in [4.78, 5) is 4.12. The van der Waals surface area contributed by atoms with Crippen LogP contribution in [-0.4, -0.2) is 42.4 Å². The molecule has 0 radical (unpaired) electrons. The molecule has 0 fully saturated rings. The van der Waals surface area contributed by atoms with Crippen molar-refractivity contribution in [1.82, 2.24) is 13.3 Å². The van der Waals surface area contributed by atoms with Crippen molar-refractivity contribution in [2.75, 3.05) is 20.7 Å². The van der Waals surface area contributed by atoms with Crippen molar-refractivity contribution in [3.63, 3.8) is 0 Å². The van der Waals surface area contributed by atoms with E-state index in [4.69, 9.17) is 4.74 Å².